The van der Waals surface area contributed by atoms with Crippen molar-refractivity contribution in [2.45, 2.75) is 25.7 Å². The summed E-state index contributed by atoms with van der Waals surface area (Å²) in [6, 6.07) is 4.90. The van der Waals surface area contributed by atoms with Crippen LogP contribution >= 0.6 is 23.2 Å². The number of hydrogen-bond acceptors (Lipinski definition) is 2. The molecule has 1 aromatic rings. The van der Waals surface area contributed by atoms with Crippen LogP contribution in [0.2, 0.25) is 10.0 Å². The van der Waals surface area contributed by atoms with Gasteiger partial charge in [0.15, 0.2) is 0 Å². The van der Waals surface area contributed by atoms with E-state index in [2.05, 4.69) is 5.32 Å². The Morgan fingerprint density at radius 3 is 2.33 bits per heavy atom. The van der Waals surface area contributed by atoms with Crippen LogP contribution in [0.25, 0.3) is 0 Å². The zero-order valence-corrected chi connectivity index (χ0v) is 13.0. The summed E-state index contributed by atoms with van der Waals surface area (Å²) < 4.78 is 0. The van der Waals surface area contributed by atoms with Crippen molar-refractivity contribution in [1.82, 2.24) is 4.90 Å². The van der Waals surface area contributed by atoms with Crippen molar-refractivity contribution in [3.63, 3.8) is 0 Å². The second-order valence-corrected chi connectivity index (χ2v) is 6.48. The average molecular weight is 327 g/mol. The van der Waals surface area contributed by atoms with E-state index in [9.17, 15) is 9.59 Å². The molecule has 1 N–H and O–H groups in total. The number of halogens is 2. The molecule has 112 valence electrons. The molecule has 1 saturated heterocycles. The summed E-state index contributed by atoms with van der Waals surface area (Å²) in [5.74, 6) is -0.268. The van der Waals surface area contributed by atoms with Gasteiger partial charge in [0.2, 0.25) is 11.8 Å². The lowest BCUT2D eigenvalue weighted by atomic mass is 10.0. The molecule has 0 bridgehead atoms. The predicted octanol–water partition coefficient (Wildman–Crippen LogP) is 3.33. The van der Waals surface area contributed by atoms with Crippen molar-refractivity contribution in [1.29, 1.82) is 0 Å². The van der Waals surface area contributed by atoms with Crippen LogP contribution in [0.1, 0.15) is 25.7 Å². The molecule has 4 nitrogen and oxygen atoms in total. The van der Waals surface area contributed by atoms with Gasteiger partial charge in [-0.3, -0.25) is 9.59 Å². The van der Waals surface area contributed by atoms with Gasteiger partial charge in [0.05, 0.1) is 10.0 Å². The number of rotatable bonds is 3. The number of nitrogens with one attached hydrogen (secondary N) is 1. The molecule has 2 aliphatic rings. The van der Waals surface area contributed by atoms with Crippen molar-refractivity contribution < 1.29 is 9.59 Å². The number of anilines is 1. The summed E-state index contributed by atoms with van der Waals surface area (Å²) >= 11 is 11.8. The Labute approximate surface area is 133 Å². The van der Waals surface area contributed by atoms with Crippen LogP contribution in [0, 0.1) is 5.41 Å². The summed E-state index contributed by atoms with van der Waals surface area (Å²) in [5, 5.41) is 3.60. The molecular weight excluding hydrogens is 311 g/mol. The van der Waals surface area contributed by atoms with E-state index >= 15 is 0 Å². The Morgan fingerprint density at radius 2 is 1.76 bits per heavy atom. The molecule has 2 fully saturated rings. The molecular formula is C15H16Cl2N2O2. The number of likely N-dealkylation sites (tertiary alicyclic amines) is 1. The number of carbonyl (C=O) groups is 2. The van der Waals surface area contributed by atoms with Gasteiger partial charge >= 0.3 is 0 Å². The van der Waals surface area contributed by atoms with Crippen molar-refractivity contribution in [3.8, 4) is 0 Å². The molecule has 1 heterocycles. The SMILES string of the molecule is O=C(Nc1ccc(Cl)c(Cl)c1)C1(C(=O)N2CCCC2)CC1. The summed E-state index contributed by atoms with van der Waals surface area (Å²) in [5.41, 5.74) is -0.300. The van der Waals surface area contributed by atoms with Crippen LogP contribution in [0.3, 0.4) is 0 Å². The summed E-state index contributed by atoms with van der Waals surface area (Å²) in [6.07, 6.45) is 3.29. The zero-order chi connectivity index (χ0) is 15.0. The van der Waals surface area contributed by atoms with Crippen molar-refractivity contribution >= 4 is 40.7 Å². The van der Waals surface area contributed by atoms with E-state index in [1.165, 1.54) is 0 Å². The Hall–Kier alpha value is -1.26. The van der Waals surface area contributed by atoms with Crippen LogP contribution in [0.4, 0.5) is 5.69 Å². The second kappa shape index (κ2) is 5.50. The standard InChI is InChI=1S/C15H16Cl2N2O2/c16-11-4-3-10(9-12(11)17)18-13(20)15(5-6-15)14(21)19-7-1-2-8-19/h3-4,9H,1-2,5-8H2,(H,18,20). The monoisotopic (exact) mass is 326 g/mol. The third-order valence-electron chi connectivity index (χ3n) is 4.16. The summed E-state index contributed by atoms with van der Waals surface area (Å²) in [7, 11) is 0. The Morgan fingerprint density at radius 1 is 1.10 bits per heavy atom. The second-order valence-electron chi connectivity index (χ2n) is 5.66. The number of nitrogens with zero attached hydrogens (tertiary/aromatic N) is 1. The highest BCUT2D eigenvalue weighted by Gasteiger charge is 2.58. The molecule has 0 spiro atoms. The minimum absolute atomic E-state index is 0.0300. The fraction of sp³-hybridized carbons (Fsp3) is 0.467. The minimum Gasteiger partial charge on any atom is -0.342 e. The van der Waals surface area contributed by atoms with Crippen molar-refractivity contribution in [2.75, 3.05) is 18.4 Å². The first-order valence-electron chi connectivity index (χ1n) is 7.09. The Balaban J connectivity index is 1.72. The molecule has 2 amide bonds. The molecule has 1 aliphatic heterocycles. The average Bonchev–Trinajstić information content (AvgIpc) is 3.10. The van der Waals surface area contributed by atoms with Crippen molar-refractivity contribution in [3.05, 3.63) is 28.2 Å². The lowest BCUT2D eigenvalue weighted by Crippen LogP contribution is -2.41. The third kappa shape index (κ3) is 2.74. The van der Waals surface area contributed by atoms with E-state index in [0.29, 0.717) is 28.6 Å². The number of hydrogen-bond donors (Lipinski definition) is 1. The van der Waals surface area contributed by atoms with Gasteiger partial charge in [-0.05, 0) is 43.9 Å². The minimum atomic E-state index is -0.865. The third-order valence-corrected chi connectivity index (χ3v) is 4.90. The van der Waals surface area contributed by atoms with Crippen LogP contribution in [-0.2, 0) is 9.59 Å². The van der Waals surface area contributed by atoms with E-state index in [1.807, 2.05) is 0 Å². The van der Waals surface area contributed by atoms with Gasteiger partial charge in [-0.2, -0.15) is 0 Å². The molecule has 1 saturated carbocycles. The number of benzene rings is 1. The van der Waals surface area contributed by atoms with Gasteiger partial charge in [0, 0.05) is 18.8 Å². The highest BCUT2D eigenvalue weighted by atomic mass is 35.5. The highest BCUT2D eigenvalue weighted by molar-refractivity contribution is 6.42. The fourth-order valence-electron chi connectivity index (χ4n) is 2.71. The van der Waals surface area contributed by atoms with E-state index in [-0.39, 0.29) is 11.8 Å². The largest absolute Gasteiger partial charge is 0.342 e. The Kier molecular flexibility index (Phi) is 3.84. The quantitative estimate of drug-likeness (QED) is 0.866. The highest BCUT2D eigenvalue weighted by Crippen LogP contribution is 2.48. The van der Waals surface area contributed by atoms with E-state index in [0.717, 1.165) is 25.9 Å². The molecule has 3 rings (SSSR count). The van der Waals surface area contributed by atoms with Crippen LogP contribution < -0.4 is 5.32 Å². The molecule has 0 radical (unpaired) electrons. The zero-order valence-electron chi connectivity index (χ0n) is 11.5. The molecule has 6 heteroatoms. The first kappa shape index (κ1) is 14.7. The van der Waals surface area contributed by atoms with Crippen LogP contribution in [0.15, 0.2) is 18.2 Å². The first-order valence-corrected chi connectivity index (χ1v) is 7.84. The maximum absolute atomic E-state index is 12.5. The van der Waals surface area contributed by atoms with Gasteiger partial charge in [0.25, 0.3) is 0 Å². The lowest BCUT2D eigenvalue weighted by molar-refractivity contribution is -0.141. The van der Waals surface area contributed by atoms with Crippen LogP contribution in [-0.4, -0.2) is 29.8 Å². The molecule has 21 heavy (non-hydrogen) atoms. The first-order chi connectivity index (χ1) is 10.0. The van der Waals surface area contributed by atoms with Gasteiger partial charge in [0.1, 0.15) is 5.41 Å². The van der Waals surface area contributed by atoms with Gasteiger partial charge < -0.3 is 10.2 Å². The smallest absolute Gasteiger partial charge is 0.240 e. The van der Waals surface area contributed by atoms with E-state index in [1.54, 1.807) is 23.1 Å². The maximum atomic E-state index is 12.5. The summed E-state index contributed by atoms with van der Waals surface area (Å²) in [6.45, 7) is 1.53. The Bertz CT molecular complexity index is 593. The van der Waals surface area contributed by atoms with Gasteiger partial charge in [-0.15, -0.1) is 0 Å². The number of carbonyl (C=O) groups excluding carboxylic acids is 2. The number of amides is 2. The molecule has 1 aromatic carbocycles. The molecule has 1 aliphatic carbocycles. The molecule has 0 aromatic heterocycles. The topological polar surface area (TPSA) is 49.4 Å². The fourth-order valence-corrected chi connectivity index (χ4v) is 3.01. The predicted molar refractivity (Wildman–Crippen MR) is 82.6 cm³/mol. The van der Waals surface area contributed by atoms with Crippen LogP contribution in [0.5, 0.6) is 0 Å². The van der Waals surface area contributed by atoms with E-state index < -0.39 is 5.41 Å². The lowest BCUT2D eigenvalue weighted by Gasteiger charge is -2.22. The molecule has 0 atom stereocenters. The normalized spacial score (nSPS) is 19.4. The van der Waals surface area contributed by atoms with Gasteiger partial charge in [-0.1, -0.05) is 23.2 Å². The van der Waals surface area contributed by atoms with Crippen molar-refractivity contribution in [2.24, 2.45) is 5.41 Å². The van der Waals surface area contributed by atoms with E-state index in [4.69, 9.17) is 23.2 Å². The maximum Gasteiger partial charge on any atom is 0.240 e. The summed E-state index contributed by atoms with van der Waals surface area (Å²) in [4.78, 5) is 26.8. The molecule has 0 unspecified atom stereocenters. The van der Waals surface area contributed by atoms with Gasteiger partial charge in [-0.25, -0.2) is 0 Å².